The standard InChI is InChI=1S/C19H42N.BrH/c1-5-7-9-11-13-15-17-19-20(3,4)18-16-14-12-10-8-6-2;/h5-19H2,1-4H3;1H/q+1;/p-1. The summed E-state index contributed by atoms with van der Waals surface area (Å²) in [5.74, 6) is 0. The van der Waals surface area contributed by atoms with Crippen molar-refractivity contribution in [2.45, 2.75) is 97.3 Å². The molecule has 0 heterocycles. The fourth-order valence-electron chi connectivity index (χ4n) is 2.93. The zero-order valence-corrected chi connectivity index (χ0v) is 17.0. The molecule has 0 aliphatic carbocycles. The number of unbranched alkanes of at least 4 members (excludes halogenated alkanes) is 11. The minimum atomic E-state index is 0. The highest BCUT2D eigenvalue weighted by atomic mass is 79.9. The maximum Gasteiger partial charge on any atom is 0.0782 e. The second-order valence-electron chi connectivity index (χ2n) is 7.27. The average molecular weight is 364 g/mol. The monoisotopic (exact) mass is 363 g/mol. The Morgan fingerprint density at radius 3 is 1.10 bits per heavy atom. The largest absolute Gasteiger partial charge is 1.00 e. The molecule has 0 aliphatic rings. The highest BCUT2D eigenvalue weighted by Gasteiger charge is 2.13. The lowest BCUT2D eigenvalue weighted by molar-refractivity contribution is -0.890. The van der Waals surface area contributed by atoms with Gasteiger partial charge in [0.25, 0.3) is 0 Å². The fraction of sp³-hybridized carbons (Fsp3) is 1.00. The van der Waals surface area contributed by atoms with Gasteiger partial charge in [0.05, 0.1) is 27.2 Å². The Labute approximate surface area is 146 Å². The van der Waals surface area contributed by atoms with Crippen molar-refractivity contribution in [2.24, 2.45) is 0 Å². The predicted octanol–water partition coefficient (Wildman–Crippen LogP) is 3.18. The van der Waals surface area contributed by atoms with Crippen LogP contribution in [0.15, 0.2) is 0 Å². The summed E-state index contributed by atoms with van der Waals surface area (Å²) in [5.41, 5.74) is 0. The second-order valence-corrected chi connectivity index (χ2v) is 7.27. The van der Waals surface area contributed by atoms with Gasteiger partial charge in [-0.3, -0.25) is 0 Å². The zero-order valence-electron chi connectivity index (χ0n) is 15.4. The Balaban J connectivity index is 0. The Morgan fingerprint density at radius 2 is 0.762 bits per heavy atom. The van der Waals surface area contributed by atoms with E-state index in [-0.39, 0.29) is 17.0 Å². The molecule has 0 aromatic carbocycles. The molecule has 1 nitrogen and oxygen atoms in total. The van der Waals surface area contributed by atoms with Gasteiger partial charge < -0.3 is 21.5 Å². The van der Waals surface area contributed by atoms with E-state index in [0.29, 0.717) is 0 Å². The van der Waals surface area contributed by atoms with E-state index in [1.165, 1.54) is 101 Å². The van der Waals surface area contributed by atoms with Crippen molar-refractivity contribution in [1.82, 2.24) is 0 Å². The third kappa shape index (κ3) is 18.4. The van der Waals surface area contributed by atoms with Gasteiger partial charge in [0.15, 0.2) is 0 Å². The molecule has 0 unspecified atom stereocenters. The highest BCUT2D eigenvalue weighted by Crippen LogP contribution is 2.11. The van der Waals surface area contributed by atoms with Gasteiger partial charge in [-0.1, -0.05) is 71.6 Å². The molecule has 0 radical (unpaired) electrons. The van der Waals surface area contributed by atoms with Gasteiger partial charge in [-0.05, 0) is 25.7 Å². The molecule has 0 spiro atoms. The molecule has 0 rings (SSSR count). The van der Waals surface area contributed by atoms with Gasteiger partial charge in [0, 0.05) is 0 Å². The van der Waals surface area contributed by atoms with Gasteiger partial charge in [-0.25, -0.2) is 0 Å². The lowest BCUT2D eigenvalue weighted by Crippen LogP contribution is -3.00. The van der Waals surface area contributed by atoms with E-state index < -0.39 is 0 Å². The molecule has 0 saturated carbocycles. The summed E-state index contributed by atoms with van der Waals surface area (Å²) in [5, 5.41) is 0. The smallest absolute Gasteiger partial charge is 0.0782 e. The molecule has 0 amide bonds. The lowest BCUT2D eigenvalue weighted by atomic mass is 10.1. The molecular weight excluding hydrogens is 322 g/mol. The van der Waals surface area contributed by atoms with Crippen LogP contribution in [-0.4, -0.2) is 31.7 Å². The van der Waals surface area contributed by atoms with Crippen LogP contribution in [0.2, 0.25) is 0 Å². The van der Waals surface area contributed by atoms with Crippen molar-refractivity contribution in [3.8, 4) is 0 Å². The molecule has 2 heteroatoms. The molecule has 0 aliphatic heterocycles. The van der Waals surface area contributed by atoms with E-state index in [2.05, 4.69) is 27.9 Å². The first-order valence-electron chi connectivity index (χ1n) is 9.44. The Hall–Kier alpha value is 0.440. The van der Waals surface area contributed by atoms with E-state index in [1.807, 2.05) is 0 Å². The number of hydrogen-bond acceptors (Lipinski definition) is 0. The normalized spacial score (nSPS) is 11.4. The van der Waals surface area contributed by atoms with Gasteiger partial charge in [0.1, 0.15) is 0 Å². The number of nitrogens with zero attached hydrogens (tertiary/aromatic N) is 1. The molecule has 0 bridgehead atoms. The van der Waals surface area contributed by atoms with Crippen LogP contribution in [0.25, 0.3) is 0 Å². The van der Waals surface area contributed by atoms with E-state index >= 15 is 0 Å². The van der Waals surface area contributed by atoms with Crippen LogP contribution in [0.3, 0.4) is 0 Å². The number of quaternary nitrogens is 1. The minimum absolute atomic E-state index is 0. The Bertz CT molecular complexity index is 192. The maximum absolute atomic E-state index is 2.42. The van der Waals surface area contributed by atoms with Crippen molar-refractivity contribution in [3.63, 3.8) is 0 Å². The molecule has 21 heavy (non-hydrogen) atoms. The molecule has 0 atom stereocenters. The predicted molar refractivity (Wildman–Crippen MR) is 93.2 cm³/mol. The summed E-state index contributed by atoms with van der Waals surface area (Å²) in [4.78, 5) is 0. The van der Waals surface area contributed by atoms with Crippen molar-refractivity contribution >= 4 is 0 Å². The summed E-state index contributed by atoms with van der Waals surface area (Å²) < 4.78 is 1.24. The minimum Gasteiger partial charge on any atom is -1.00 e. The number of hydrogen-bond donors (Lipinski definition) is 0. The summed E-state index contributed by atoms with van der Waals surface area (Å²) in [7, 11) is 4.84. The molecule has 0 aromatic rings. The Kier molecular flexibility index (Phi) is 19.0. The van der Waals surface area contributed by atoms with Gasteiger partial charge in [-0.15, -0.1) is 0 Å². The molecule has 130 valence electrons. The molecular formula is C19H42BrN. The van der Waals surface area contributed by atoms with Gasteiger partial charge in [0.2, 0.25) is 0 Å². The van der Waals surface area contributed by atoms with Crippen LogP contribution in [0, 0.1) is 0 Å². The molecule has 0 N–H and O–H groups in total. The zero-order chi connectivity index (χ0) is 15.1. The molecule has 0 saturated heterocycles. The van der Waals surface area contributed by atoms with Gasteiger partial charge >= 0.3 is 0 Å². The van der Waals surface area contributed by atoms with Crippen molar-refractivity contribution in [2.75, 3.05) is 27.2 Å². The van der Waals surface area contributed by atoms with E-state index in [1.54, 1.807) is 0 Å². The summed E-state index contributed by atoms with van der Waals surface area (Å²) in [6, 6.07) is 0. The van der Waals surface area contributed by atoms with Crippen molar-refractivity contribution < 1.29 is 21.5 Å². The van der Waals surface area contributed by atoms with Crippen LogP contribution in [-0.2, 0) is 0 Å². The summed E-state index contributed by atoms with van der Waals surface area (Å²) in [6.45, 7) is 7.34. The van der Waals surface area contributed by atoms with Crippen LogP contribution >= 0.6 is 0 Å². The van der Waals surface area contributed by atoms with Crippen LogP contribution in [0.1, 0.15) is 97.3 Å². The number of rotatable bonds is 15. The maximum atomic E-state index is 2.42. The van der Waals surface area contributed by atoms with Gasteiger partial charge in [-0.2, -0.15) is 0 Å². The highest BCUT2D eigenvalue weighted by molar-refractivity contribution is 4.47. The van der Waals surface area contributed by atoms with E-state index in [9.17, 15) is 0 Å². The summed E-state index contributed by atoms with van der Waals surface area (Å²) >= 11 is 0. The summed E-state index contributed by atoms with van der Waals surface area (Å²) in [6.07, 6.45) is 18.6. The third-order valence-electron chi connectivity index (χ3n) is 4.48. The number of halogens is 1. The van der Waals surface area contributed by atoms with E-state index in [0.717, 1.165) is 0 Å². The first-order chi connectivity index (χ1) is 9.62. The third-order valence-corrected chi connectivity index (χ3v) is 4.48. The van der Waals surface area contributed by atoms with E-state index in [4.69, 9.17) is 0 Å². The average Bonchev–Trinajstić information content (AvgIpc) is 2.41. The SMILES string of the molecule is CCCCCCCCC[N+](C)(C)CCCCCCCC.[Br-]. The molecule has 0 fully saturated rings. The lowest BCUT2D eigenvalue weighted by Gasteiger charge is -2.30. The van der Waals surface area contributed by atoms with Crippen LogP contribution in [0.4, 0.5) is 0 Å². The topological polar surface area (TPSA) is 0 Å². The first kappa shape index (κ1) is 23.7. The fourth-order valence-corrected chi connectivity index (χ4v) is 2.93. The van der Waals surface area contributed by atoms with Crippen molar-refractivity contribution in [3.05, 3.63) is 0 Å². The first-order valence-corrected chi connectivity index (χ1v) is 9.44. The Morgan fingerprint density at radius 1 is 0.476 bits per heavy atom. The van der Waals surface area contributed by atoms with Crippen LogP contribution in [0.5, 0.6) is 0 Å². The van der Waals surface area contributed by atoms with Crippen LogP contribution < -0.4 is 17.0 Å². The second kappa shape index (κ2) is 16.8. The van der Waals surface area contributed by atoms with Crippen molar-refractivity contribution in [1.29, 1.82) is 0 Å². The molecule has 0 aromatic heterocycles. The quantitative estimate of drug-likeness (QED) is 0.309.